The molecule has 0 aliphatic rings. The number of fused-ring (bicyclic) bond motifs is 1. The normalized spacial score (nSPS) is 11.6. The highest BCUT2D eigenvalue weighted by Crippen LogP contribution is 2.27. The van der Waals surface area contributed by atoms with Crippen molar-refractivity contribution in [1.82, 2.24) is 10.4 Å². The molecule has 4 aromatic rings. The van der Waals surface area contributed by atoms with Crippen LogP contribution in [0.15, 0.2) is 77.9 Å². The van der Waals surface area contributed by atoms with Gasteiger partial charge in [-0.15, -0.1) is 11.6 Å². The zero-order valence-corrected chi connectivity index (χ0v) is 20.0. The Bertz CT molecular complexity index is 1350. The number of carbonyl (C=O) groups is 1. The molecule has 172 valence electrons. The molecule has 0 spiro atoms. The van der Waals surface area contributed by atoms with Gasteiger partial charge in [-0.2, -0.15) is 5.10 Å². The van der Waals surface area contributed by atoms with Crippen LogP contribution >= 0.6 is 23.2 Å². The van der Waals surface area contributed by atoms with Crippen LogP contribution in [0, 0.1) is 12.7 Å². The minimum atomic E-state index is -0.362. The van der Waals surface area contributed by atoms with Crippen LogP contribution in [0.25, 0.3) is 22.2 Å². The van der Waals surface area contributed by atoms with E-state index in [0.717, 1.165) is 27.6 Å². The zero-order chi connectivity index (χ0) is 24.1. The summed E-state index contributed by atoms with van der Waals surface area (Å²) in [5.41, 5.74) is 7.70. The Morgan fingerprint density at radius 1 is 1.06 bits per heavy atom. The topological polar surface area (TPSA) is 54.4 Å². The molecule has 1 amide bonds. The predicted octanol–water partition coefficient (Wildman–Crippen LogP) is 7.16. The average molecular weight is 494 g/mol. The van der Waals surface area contributed by atoms with Gasteiger partial charge in [0, 0.05) is 21.9 Å². The Hall–Kier alpha value is -3.28. The summed E-state index contributed by atoms with van der Waals surface area (Å²) in [4.78, 5) is 18.1. The molecule has 0 aliphatic heterocycles. The third-order valence-corrected chi connectivity index (χ3v) is 5.96. The number of aryl methyl sites for hydroxylation is 1. The van der Waals surface area contributed by atoms with Crippen molar-refractivity contribution < 1.29 is 9.18 Å². The van der Waals surface area contributed by atoms with E-state index in [0.29, 0.717) is 40.7 Å². The predicted molar refractivity (Wildman–Crippen MR) is 137 cm³/mol. The Morgan fingerprint density at radius 2 is 1.79 bits per heavy atom. The maximum Gasteiger partial charge on any atom is 0.272 e. The van der Waals surface area contributed by atoms with E-state index in [1.54, 1.807) is 30.3 Å². The number of carbonyl (C=O) groups excluding carboxylic acids is 1. The molecule has 0 radical (unpaired) electrons. The second kappa shape index (κ2) is 10.8. The van der Waals surface area contributed by atoms with Crippen LogP contribution in [0.3, 0.4) is 0 Å². The summed E-state index contributed by atoms with van der Waals surface area (Å²) < 4.78 is 13.4. The first-order valence-electron chi connectivity index (χ1n) is 10.8. The number of alkyl halides is 1. The second-order valence-electron chi connectivity index (χ2n) is 7.83. The zero-order valence-electron chi connectivity index (χ0n) is 18.5. The van der Waals surface area contributed by atoms with Gasteiger partial charge in [-0.3, -0.25) is 4.79 Å². The summed E-state index contributed by atoms with van der Waals surface area (Å²) in [6, 6.07) is 20.8. The molecule has 4 nitrogen and oxygen atoms in total. The monoisotopic (exact) mass is 493 g/mol. The Balaban J connectivity index is 1.74. The van der Waals surface area contributed by atoms with Gasteiger partial charge in [0.25, 0.3) is 5.91 Å². The summed E-state index contributed by atoms with van der Waals surface area (Å²) in [5, 5.41) is 5.73. The van der Waals surface area contributed by atoms with Crippen molar-refractivity contribution in [2.24, 2.45) is 5.10 Å². The summed E-state index contributed by atoms with van der Waals surface area (Å²) in [6.07, 6.45) is 1.22. The van der Waals surface area contributed by atoms with Crippen LogP contribution in [0.5, 0.6) is 0 Å². The lowest BCUT2D eigenvalue weighted by Crippen LogP contribution is -2.21. The smallest absolute Gasteiger partial charge is 0.267 e. The van der Waals surface area contributed by atoms with Gasteiger partial charge in [-0.1, -0.05) is 54.1 Å². The van der Waals surface area contributed by atoms with Crippen molar-refractivity contribution in [2.45, 2.75) is 19.8 Å². The molecule has 1 aromatic heterocycles. The van der Waals surface area contributed by atoms with Crippen LogP contribution in [-0.4, -0.2) is 22.5 Å². The molecule has 1 heterocycles. The van der Waals surface area contributed by atoms with Gasteiger partial charge in [0.1, 0.15) is 5.82 Å². The molecule has 0 saturated carbocycles. The fourth-order valence-electron chi connectivity index (χ4n) is 3.67. The summed E-state index contributed by atoms with van der Waals surface area (Å²) in [7, 11) is 0. The second-order valence-corrected chi connectivity index (χ2v) is 8.65. The summed E-state index contributed by atoms with van der Waals surface area (Å²) in [5.74, 6) is -0.246. The SMILES string of the molecule is Cc1cccc2c(C(=O)NN=C(CCCCl)c3ccc(F)cc3)cc(-c3ccc(Cl)cc3)nc12. The molecule has 4 rings (SSSR count). The highest BCUT2D eigenvalue weighted by molar-refractivity contribution is 6.30. The molecule has 7 heteroatoms. The first-order chi connectivity index (χ1) is 16.5. The number of nitrogens with one attached hydrogen (secondary N) is 1. The first kappa shape index (κ1) is 23.9. The van der Waals surface area contributed by atoms with Gasteiger partial charge < -0.3 is 0 Å². The number of nitrogens with zero attached hydrogens (tertiary/aromatic N) is 2. The Kier molecular flexibility index (Phi) is 7.56. The fourth-order valence-corrected chi connectivity index (χ4v) is 3.93. The van der Waals surface area contributed by atoms with E-state index in [1.165, 1.54) is 12.1 Å². The lowest BCUT2D eigenvalue weighted by Gasteiger charge is -2.12. The van der Waals surface area contributed by atoms with Gasteiger partial charge in [-0.25, -0.2) is 14.8 Å². The van der Waals surface area contributed by atoms with Crippen molar-refractivity contribution in [1.29, 1.82) is 0 Å². The number of para-hydroxylation sites is 1. The summed E-state index contributed by atoms with van der Waals surface area (Å²) in [6.45, 7) is 1.96. The van der Waals surface area contributed by atoms with E-state index in [-0.39, 0.29) is 11.7 Å². The molecule has 0 fully saturated rings. The number of hydrazone groups is 1. The lowest BCUT2D eigenvalue weighted by atomic mass is 10.0. The van der Waals surface area contributed by atoms with Crippen LogP contribution in [-0.2, 0) is 0 Å². The maximum atomic E-state index is 13.4. The minimum Gasteiger partial charge on any atom is -0.267 e. The maximum absolute atomic E-state index is 13.4. The van der Waals surface area contributed by atoms with Gasteiger partial charge in [0.05, 0.1) is 22.5 Å². The standard InChI is InChI=1S/C27H22Cl2FN3O/c1-17-4-2-5-22-23(16-25(31-26(17)22)19-7-11-20(29)12-8-19)27(34)33-32-24(6-3-15-28)18-9-13-21(30)14-10-18/h2,4-5,7-14,16H,3,6,15H2,1H3,(H,33,34). The van der Waals surface area contributed by atoms with E-state index in [2.05, 4.69) is 10.5 Å². The van der Waals surface area contributed by atoms with Crippen LogP contribution in [0.4, 0.5) is 4.39 Å². The number of halogens is 3. The number of amides is 1. The van der Waals surface area contributed by atoms with Crippen molar-refractivity contribution >= 4 is 45.7 Å². The number of hydrogen-bond donors (Lipinski definition) is 1. The molecule has 1 N–H and O–H groups in total. The lowest BCUT2D eigenvalue weighted by molar-refractivity contribution is 0.0956. The number of hydrogen-bond acceptors (Lipinski definition) is 3. The Labute approximate surface area is 207 Å². The molecule has 3 aromatic carbocycles. The van der Waals surface area contributed by atoms with E-state index in [9.17, 15) is 9.18 Å². The van der Waals surface area contributed by atoms with E-state index in [4.69, 9.17) is 28.2 Å². The molecule has 0 unspecified atom stereocenters. The molecule has 0 saturated heterocycles. The first-order valence-corrected chi connectivity index (χ1v) is 11.7. The number of benzene rings is 3. The number of rotatable bonds is 7. The third kappa shape index (κ3) is 5.44. The van der Waals surface area contributed by atoms with Gasteiger partial charge >= 0.3 is 0 Å². The molecule has 0 aliphatic carbocycles. The molecule has 0 atom stereocenters. The molecular formula is C27H22Cl2FN3O. The van der Waals surface area contributed by atoms with Crippen LogP contribution < -0.4 is 5.43 Å². The van der Waals surface area contributed by atoms with E-state index >= 15 is 0 Å². The third-order valence-electron chi connectivity index (χ3n) is 5.44. The average Bonchev–Trinajstić information content (AvgIpc) is 2.85. The van der Waals surface area contributed by atoms with Crippen LogP contribution in [0.2, 0.25) is 5.02 Å². The van der Waals surface area contributed by atoms with Gasteiger partial charge in [0.15, 0.2) is 0 Å². The van der Waals surface area contributed by atoms with Crippen molar-refractivity contribution in [2.75, 3.05) is 5.88 Å². The number of aromatic nitrogens is 1. The molecular weight excluding hydrogens is 472 g/mol. The van der Waals surface area contributed by atoms with Crippen molar-refractivity contribution in [3.8, 4) is 11.3 Å². The minimum absolute atomic E-state index is 0.335. The molecule has 0 bridgehead atoms. The van der Waals surface area contributed by atoms with Crippen LogP contribution in [0.1, 0.15) is 34.3 Å². The quantitative estimate of drug-likeness (QED) is 0.168. The Morgan fingerprint density at radius 3 is 2.50 bits per heavy atom. The van der Waals surface area contributed by atoms with Gasteiger partial charge in [-0.05, 0) is 61.2 Å². The van der Waals surface area contributed by atoms with E-state index < -0.39 is 0 Å². The largest absolute Gasteiger partial charge is 0.272 e. The van der Waals surface area contributed by atoms with Gasteiger partial charge in [0.2, 0.25) is 0 Å². The van der Waals surface area contributed by atoms with Crippen molar-refractivity contribution in [3.63, 3.8) is 0 Å². The fraction of sp³-hybridized carbons (Fsp3) is 0.148. The highest BCUT2D eigenvalue weighted by atomic mass is 35.5. The van der Waals surface area contributed by atoms with Crippen molar-refractivity contribution in [3.05, 3.63) is 100 Å². The summed E-state index contributed by atoms with van der Waals surface area (Å²) >= 11 is 11.9. The number of pyridine rings is 1. The highest BCUT2D eigenvalue weighted by Gasteiger charge is 2.16. The van der Waals surface area contributed by atoms with E-state index in [1.807, 2.05) is 37.3 Å². The molecule has 34 heavy (non-hydrogen) atoms.